The maximum absolute atomic E-state index is 12.3. The maximum atomic E-state index is 12.3. The van der Waals surface area contributed by atoms with Crippen molar-refractivity contribution in [2.45, 2.75) is 44.6 Å². The smallest absolute Gasteiger partial charge is 0.475 e. The number of nitrogens with one attached hydrogen (secondary N) is 1. The van der Waals surface area contributed by atoms with Gasteiger partial charge in [0.05, 0.1) is 6.54 Å². The number of halogens is 3. The summed E-state index contributed by atoms with van der Waals surface area (Å²) in [6.45, 7) is 3.93. The van der Waals surface area contributed by atoms with Gasteiger partial charge in [0, 0.05) is 43.7 Å². The summed E-state index contributed by atoms with van der Waals surface area (Å²) in [5.74, 6) is -0.177. The van der Waals surface area contributed by atoms with Gasteiger partial charge in [-0.15, -0.1) is 21.5 Å². The van der Waals surface area contributed by atoms with Crippen LogP contribution < -0.4 is 5.32 Å². The van der Waals surface area contributed by atoms with Gasteiger partial charge in [0.2, 0.25) is 5.82 Å². The average molecular weight is 458 g/mol. The number of aliphatic carboxylic acids is 1. The number of alkyl halides is 3. The molecule has 2 unspecified atom stereocenters. The van der Waals surface area contributed by atoms with E-state index in [1.807, 2.05) is 16.1 Å². The highest BCUT2D eigenvalue weighted by molar-refractivity contribution is 7.09. The van der Waals surface area contributed by atoms with Crippen molar-refractivity contribution in [3.63, 3.8) is 0 Å². The van der Waals surface area contributed by atoms with Gasteiger partial charge in [0.1, 0.15) is 10.8 Å². The Labute approximate surface area is 179 Å². The number of carboxylic acid groups (broad SMARTS) is 1. The van der Waals surface area contributed by atoms with Crippen LogP contribution in [0.4, 0.5) is 13.2 Å². The molecule has 2 fully saturated rings. The van der Waals surface area contributed by atoms with Gasteiger partial charge in [-0.25, -0.2) is 9.78 Å². The van der Waals surface area contributed by atoms with Gasteiger partial charge in [-0.1, -0.05) is 0 Å². The minimum absolute atomic E-state index is 0.0626. The SMILES string of the molecule is O=C(NC1CC1)c1nnc2n1CC1CN(Cc3nccs3)CC1C2.O=C(O)C(F)(F)F. The molecule has 3 aliphatic rings. The van der Waals surface area contributed by atoms with Crippen molar-refractivity contribution < 1.29 is 27.9 Å². The molecule has 1 aliphatic carbocycles. The molecule has 2 aromatic rings. The highest BCUT2D eigenvalue weighted by Crippen LogP contribution is 2.33. The molecule has 0 radical (unpaired) electrons. The van der Waals surface area contributed by atoms with Gasteiger partial charge in [-0.2, -0.15) is 13.2 Å². The molecule has 31 heavy (non-hydrogen) atoms. The van der Waals surface area contributed by atoms with E-state index in [1.54, 1.807) is 11.3 Å². The number of aromatic nitrogens is 4. The van der Waals surface area contributed by atoms with Crippen LogP contribution in [0.5, 0.6) is 0 Å². The van der Waals surface area contributed by atoms with Crippen molar-refractivity contribution in [2.24, 2.45) is 11.8 Å². The number of carbonyl (C=O) groups excluding carboxylic acids is 1. The quantitative estimate of drug-likeness (QED) is 0.715. The number of thiazole rings is 1. The summed E-state index contributed by atoms with van der Waals surface area (Å²) < 4.78 is 33.8. The van der Waals surface area contributed by atoms with Crippen LogP contribution in [-0.4, -0.2) is 66.9 Å². The molecule has 2 aliphatic heterocycles. The fourth-order valence-electron chi connectivity index (χ4n) is 3.92. The molecule has 2 N–H and O–H groups in total. The largest absolute Gasteiger partial charge is 0.490 e. The number of hydrogen-bond donors (Lipinski definition) is 2. The molecule has 5 rings (SSSR count). The van der Waals surface area contributed by atoms with E-state index in [2.05, 4.69) is 25.4 Å². The zero-order chi connectivity index (χ0) is 22.2. The number of nitrogens with zero attached hydrogens (tertiary/aromatic N) is 5. The van der Waals surface area contributed by atoms with Crippen LogP contribution in [-0.2, 0) is 24.3 Å². The highest BCUT2D eigenvalue weighted by Gasteiger charge is 2.40. The molecule has 1 amide bonds. The van der Waals surface area contributed by atoms with Crippen LogP contribution in [0.2, 0.25) is 0 Å². The zero-order valence-electron chi connectivity index (χ0n) is 16.4. The number of amides is 1. The summed E-state index contributed by atoms with van der Waals surface area (Å²) in [6, 6.07) is 0.349. The molecular weight excluding hydrogens is 437 g/mol. The van der Waals surface area contributed by atoms with Gasteiger partial charge < -0.3 is 15.0 Å². The molecule has 1 saturated heterocycles. The van der Waals surface area contributed by atoms with E-state index < -0.39 is 12.1 Å². The van der Waals surface area contributed by atoms with Crippen molar-refractivity contribution in [1.82, 2.24) is 30.0 Å². The van der Waals surface area contributed by atoms with Gasteiger partial charge >= 0.3 is 12.1 Å². The van der Waals surface area contributed by atoms with E-state index in [0.717, 1.165) is 51.3 Å². The first-order chi connectivity index (χ1) is 14.7. The van der Waals surface area contributed by atoms with Gasteiger partial charge in [0.15, 0.2) is 0 Å². The normalized spacial score (nSPS) is 22.8. The first-order valence-corrected chi connectivity index (χ1v) is 10.7. The lowest BCUT2D eigenvalue weighted by Crippen LogP contribution is -2.33. The predicted molar refractivity (Wildman–Crippen MR) is 102 cm³/mol. The van der Waals surface area contributed by atoms with Crippen molar-refractivity contribution in [1.29, 1.82) is 0 Å². The van der Waals surface area contributed by atoms with E-state index in [4.69, 9.17) is 9.90 Å². The fourth-order valence-corrected chi connectivity index (χ4v) is 4.58. The van der Waals surface area contributed by atoms with E-state index in [0.29, 0.717) is 23.7 Å². The third-order valence-corrected chi connectivity index (χ3v) is 6.31. The number of hydrogen-bond acceptors (Lipinski definition) is 7. The first kappa shape index (κ1) is 21.7. The third-order valence-electron chi connectivity index (χ3n) is 5.54. The summed E-state index contributed by atoms with van der Waals surface area (Å²) in [5.41, 5.74) is 0. The number of likely N-dealkylation sites (tertiary alicyclic amines) is 1. The number of fused-ring (bicyclic) bond motifs is 2. The summed E-state index contributed by atoms with van der Waals surface area (Å²) in [4.78, 5) is 28.1. The van der Waals surface area contributed by atoms with Crippen molar-refractivity contribution in [3.05, 3.63) is 28.2 Å². The van der Waals surface area contributed by atoms with Crippen molar-refractivity contribution in [2.75, 3.05) is 13.1 Å². The minimum Gasteiger partial charge on any atom is -0.475 e. The van der Waals surface area contributed by atoms with Crippen LogP contribution in [0, 0.1) is 11.8 Å². The Kier molecular flexibility index (Phi) is 5.97. The topological polar surface area (TPSA) is 113 Å². The zero-order valence-corrected chi connectivity index (χ0v) is 17.2. The summed E-state index contributed by atoms with van der Waals surface area (Å²) in [6.07, 6.45) is -0.121. The van der Waals surface area contributed by atoms with Crippen molar-refractivity contribution >= 4 is 23.2 Å². The molecule has 0 bridgehead atoms. The van der Waals surface area contributed by atoms with Crippen LogP contribution in [0.15, 0.2) is 11.6 Å². The van der Waals surface area contributed by atoms with Crippen LogP contribution in [0.1, 0.15) is 34.3 Å². The number of rotatable bonds is 4. The minimum atomic E-state index is -5.08. The molecule has 0 aromatic carbocycles. The first-order valence-electron chi connectivity index (χ1n) is 9.84. The van der Waals surface area contributed by atoms with E-state index in [-0.39, 0.29) is 5.91 Å². The standard InChI is InChI=1S/C16H20N6OS.C2HF3O2/c23-16(18-12-1-2-12)15-20-19-13-5-10-6-21(7-11(10)8-22(13)15)9-14-17-3-4-24-14;3-2(4,5)1(6)7/h3-4,10-12H,1-2,5-9H2,(H,18,23);(H,6,7). The summed E-state index contributed by atoms with van der Waals surface area (Å²) in [7, 11) is 0. The molecule has 168 valence electrons. The maximum Gasteiger partial charge on any atom is 0.490 e. The summed E-state index contributed by atoms with van der Waals surface area (Å²) in [5, 5.41) is 21.8. The molecular formula is C18H21F3N6O3S. The second-order valence-electron chi connectivity index (χ2n) is 7.95. The lowest BCUT2D eigenvalue weighted by Gasteiger charge is -2.25. The molecule has 13 heteroatoms. The Morgan fingerprint density at radius 3 is 2.52 bits per heavy atom. The number of carbonyl (C=O) groups is 2. The van der Waals surface area contributed by atoms with E-state index >= 15 is 0 Å². The molecule has 2 atom stereocenters. The van der Waals surface area contributed by atoms with Gasteiger partial charge in [-0.05, 0) is 24.7 Å². The summed E-state index contributed by atoms with van der Waals surface area (Å²) >= 11 is 1.72. The Hall–Kier alpha value is -2.54. The van der Waals surface area contributed by atoms with Crippen LogP contribution >= 0.6 is 11.3 Å². The predicted octanol–water partition coefficient (Wildman–Crippen LogP) is 1.56. The fraction of sp³-hybridized carbons (Fsp3) is 0.611. The Balaban J connectivity index is 0.000000289. The van der Waals surface area contributed by atoms with Crippen molar-refractivity contribution in [3.8, 4) is 0 Å². The Bertz CT molecular complexity index is 944. The second kappa shape index (κ2) is 8.54. The Morgan fingerprint density at radius 2 is 1.90 bits per heavy atom. The van der Waals surface area contributed by atoms with Crippen LogP contribution in [0.3, 0.4) is 0 Å². The van der Waals surface area contributed by atoms with Gasteiger partial charge in [-0.3, -0.25) is 9.69 Å². The molecule has 4 heterocycles. The van der Waals surface area contributed by atoms with Gasteiger partial charge in [0.25, 0.3) is 5.91 Å². The molecule has 0 spiro atoms. The second-order valence-corrected chi connectivity index (χ2v) is 8.92. The lowest BCUT2D eigenvalue weighted by atomic mass is 9.89. The monoisotopic (exact) mass is 458 g/mol. The van der Waals surface area contributed by atoms with E-state index in [1.165, 1.54) is 5.01 Å². The number of carboxylic acids is 1. The molecule has 9 nitrogen and oxygen atoms in total. The lowest BCUT2D eigenvalue weighted by molar-refractivity contribution is -0.192. The molecule has 1 saturated carbocycles. The third kappa shape index (κ3) is 5.21. The average Bonchev–Trinajstić information content (AvgIpc) is 3.08. The highest BCUT2D eigenvalue weighted by atomic mass is 32.1. The Morgan fingerprint density at radius 1 is 1.19 bits per heavy atom. The molecule has 2 aromatic heterocycles. The van der Waals surface area contributed by atoms with Crippen LogP contribution in [0.25, 0.3) is 0 Å². The van der Waals surface area contributed by atoms with E-state index in [9.17, 15) is 18.0 Å².